The van der Waals surface area contributed by atoms with Crippen LogP contribution in [0.5, 0.6) is 0 Å². The van der Waals surface area contributed by atoms with E-state index in [1.54, 1.807) is 0 Å². The van der Waals surface area contributed by atoms with Gasteiger partial charge in [-0.1, -0.05) is 127 Å². The van der Waals surface area contributed by atoms with Gasteiger partial charge in [0.1, 0.15) is 33.5 Å². The van der Waals surface area contributed by atoms with E-state index in [2.05, 4.69) is 181 Å². The monoisotopic (exact) mass is 767 g/mol. The topological polar surface area (TPSA) is 42.7 Å². The smallest absolute Gasteiger partial charge is 0.143 e. The van der Waals surface area contributed by atoms with E-state index in [1.165, 1.54) is 5.39 Å². The predicted octanol–water partition coefficient (Wildman–Crippen LogP) is 16.5. The lowest BCUT2D eigenvalue weighted by atomic mass is 9.97. The number of para-hydroxylation sites is 2. The van der Waals surface area contributed by atoms with Crippen LogP contribution in [0.25, 0.3) is 110 Å². The van der Waals surface area contributed by atoms with E-state index in [0.29, 0.717) is 0 Å². The van der Waals surface area contributed by atoms with Crippen LogP contribution in [0.15, 0.2) is 213 Å². The molecule has 13 rings (SSSR count). The van der Waals surface area contributed by atoms with Gasteiger partial charge in [-0.05, 0) is 106 Å². The van der Waals surface area contributed by atoms with Crippen LogP contribution in [-0.2, 0) is 0 Å². The Morgan fingerprint density at radius 2 is 0.850 bits per heavy atom. The van der Waals surface area contributed by atoms with Crippen LogP contribution in [0, 0.1) is 0 Å². The number of anilines is 3. The van der Waals surface area contributed by atoms with E-state index in [-0.39, 0.29) is 0 Å². The van der Waals surface area contributed by atoms with Gasteiger partial charge in [0.25, 0.3) is 0 Å². The molecule has 3 aromatic heterocycles. The molecule has 13 aromatic rings. The van der Waals surface area contributed by atoms with Gasteiger partial charge in [0.05, 0.1) is 11.1 Å². The van der Waals surface area contributed by atoms with E-state index in [0.717, 1.165) is 121 Å². The molecule has 10 aromatic carbocycles. The molecule has 0 N–H and O–H groups in total. The first-order valence-electron chi connectivity index (χ1n) is 20.3. The summed E-state index contributed by atoms with van der Waals surface area (Å²) in [6, 6.07) is 70.8. The molecule has 4 heteroatoms. The second-order valence-corrected chi connectivity index (χ2v) is 15.6. The summed E-state index contributed by atoms with van der Waals surface area (Å²) in [4.78, 5) is 2.34. The fourth-order valence-corrected chi connectivity index (χ4v) is 9.44. The lowest BCUT2D eigenvalue weighted by molar-refractivity contribution is 0.669. The van der Waals surface area contributed by atoms with Crippen LogP contribution in [0.2, 0.25) is 0 Å². The molecule has 0 aliphatic heterocycles. The van der Waals surface area contributed by atoms with Crippen LogP contribution in [-0.4, -0.2) is 0 Å². The Balaban J connectivity index is 0.946. The van der Waals surface area contributed by atoms with Crippen molar-refractivity contribution in [2.45, 2.75) is 0 Å². The highest BCUT2D eigenvalue weighted by Crippen LogP contribution is 2.45. The Hall–Kier alpha value is -8.08. The van der Waals surface area contributed by atoms with Crippen molar-refractivity contribution < 1.29 is 13.3 Å². The van der Waals surface area contributed by atoms with Gasteiger partial charge in [-0.2, -0.15) is 0 Å². The van der Waals surface area contributed by atoms with Crippen LogP contribution in [0.3, 0.4) is 0 Å². The molecule has 0 saturated heterocycles. The minimum atomic E-state index is 0.853. The maximum Gasteiger partial charge on any atom is 0.143 e. The third kappa shape index (κ3) is 4.91. The van der Waals surface area contributed by atoms with Gasteiger partial charge in [-0.3, -0.25) is 0 Å². The quantitative estimate of drug-likeness (QED) is 0.175. The van der Waals surface area contributed by atoms with Crippen molar-refractivity contribution in [1.82, 2.24) is 0 Å². The van der Waals surface area contributed by atoms with E-state index >= 15 is 0 Å². The number of furan rings is 3. The average molecular weight is 768 g/mol. The second kappa shape index (κ2) is 12.7. The van der Waals surface area contributed by atoms with Gasteiger partial charge in [0.2, 0.25) is 0 Å². The first-order valence-corrected chi connectivity index (χ1v) is 20.3. The number of nitrogens with zero attached hydrogens (tertiary/aromatic N) is 1. The summed E-state index contributed by atoms with van der Waals surface area (Å²) in [6.45, 7) is 0. The zero-order chi connectivity index (χ0) is 39.3. The largest absolute Gasteiger partial charge is 0.456 e. The summed E-state index contributed by atoms with van der Waals surface area (Å²) in [6.07, 6.45) is 0. The van der Waals surface area contributed by atoms with E-state index in [9.17, 15) is 0 Å². The lowest BCUT2D eigenvalue weighted by Gasteiger charge is -2.26. The fraction of sp³-hybridized carbons (Fsp3) is 0. The lowest BCUT2D eigenvalue weighted by Crippen LogP contribution is -2.10. The molecule has 280 valence electrons. The van der Waals surface area contributed by atoms with Crippen LogP contribution < -0.4 is 4.90 Å². The number of hydrogen-bond donors (Lipinski definition) is 0. The zero-order valence-electron chi connectivity index (χ0n) is 32.2. The molecule has 0 atom stereocenters. The van der Waals surface area contributed by atoms with Gasteiger partial charge in [0.15, 0.2) is 0 Å². The summed E-state index contributed by atoms with van der Waals surface area (Å²) in [5, 5.41) is 11.2. The first kappa shape index (κ1) is 32.9. The molecule has 4 nitrogen and oxygen atoms in total. The SMILES string of the molecule is c1ccc2c(c1)ccc1c2oc2cccc(-c3ccc(N(c4ccc(-c5ccc6ccc7c8ccccc8oc7c6c5)cc4)c4cccc5oc6ccccc6c45)cc3)c21. The van der Waals surface area contributed by atoms with Gasteiger partial charge in [-0.15, -0.1) is 0 Å². The number of benzene rings is 10. The molecule has 0 aliphatic rings. The Morgan fingerprint density at radius 1 is 0.300 bits per heavy atom. The van der Waals surface area contributed by atoms with Crippen LogP contribution in [0.1, 0.15) is 0 Å². The second-order valence-electron chi connectivity index (χ2n) is 15.6. The molecule has 0 spiro atoms. The maximum absolute atomic E-state index is 6.55. The zero-order valence-corrected chi connectivity index (χ0v) is 32.2. The van der Waals surface area contributed by atoms with Crippen LogP contribution in [0.4, 0.5) is 17.1 Å². The highest BCUT2D eigenvalue weighted by atomic mass is 16.3. The van der Waals surface area contributed by atoms with Crippen molar-refractivity contribution in [3.8, 4) is 22.3 Å². The molecule has 0 amide bonds. The average Bonchev–Trinajstić information content (AvgIpc) is 4.02. The van der Waals surface area contributed by atoms with Gasteiger partial charge in [-0.25, -0.2) is 0 Å². The predicted molar refractivity (Wildman–Crippen MR) is 249 cm³/mol. The molecule has 60 heavy (non-hydrogen) atoms. The highest BCUT2D eigenvalue weighted by molar-refractivity contribution is 6.19. The minimum absolute atomic E-state index is 0.853. The normalized spacial score (nSPS) is 12.0. The molecule has 0 bridgehead atoms. The highest BCUT2D eigenvalue weighted by Gasteiger charge is 2.21. The Morgan fingerprint density at radius 3 is 1.65 bits per heavy atom. The Bertz CT molecular complexity index is 3830. The fourth-order valence-electron chi connectivity index (χ4n) is 9.44. The molecule has 0 radical (unpaired) electrons. The standard InChI is InChI=1S/C56H33NO3/c1-2-10-42-35(9-1)26-32-46-53-41(13-7-17-51(53)60-55(42)46)36-23-29-40(30-24-36)57(48-14-8-18-52-54(48)45-12-4-6-16-50(45)58-52)39-27-21-34(22-28-39)38-20-19-37-25-31-44-43-11-3-5-15-49(43)59-56(44)47(37)33-38/h1-33H. The Labute approximate surface area is 343 Å². The number of rotatable bonds is 5. The third-order valence-corrected chi connectivity index (χ3v) is 12.3. The summed E-state index contributed by atoms with van der Waals surface area (Å²) in [5.74, 6) is 0. The first-order chi connectivity index (χ1) is 29.7. The van der Waals surface area contributed by atoms with Crippen LogP contribution >= 0.6 is 0 Å². The molecular formula is C56H33NO3. The van der Waals surface area contributed by atoms with E-state index in [4.69, 9.17) is 13.3 Å². The van der Waals surface area contributed by atoms with Crippen molar-refractivity contribution >= 4 is 104 Å². The molecule has 0 unspecified atom stereocenters. The minimum Gasteiger partial charge on any atom is -0.456 e. The van der Waals surface area contributed by atoms with Crippen molar-refractivity contribution in [2.75, 3.05) is 4.90 Å². The van der Waals surface area contributed by atoms with Crippen molar-refractivity contribution in [3.05, 3.63) is 200 Å². The summed E-state index contributed by atoms with van der Waals surface area (Å²) < 4.78 is 19.4. The molecule has 3 heterocycles. The molecular weight excluding hydrogens is 735 g/mol. The summed E-state index contributed by atoms with van der Waals surface area (Å²) in [7, 11) is 0. The van der Waals surface area contributed by atoms with Crippen molar-refractivity contribution in [3.63, 3.8) is 0 Å². The molecule has 0 saturated carbocycles. The summed E-state index contributed by atoms with van der Waals surface area (Å²) in [5.41, 5.74) is 13.0. The van der Waals surface area contributed by atoms with Gasteiger partial charge >= 0.3 is 0 Å². The van der Waals surface area contributed by atoms with E-state index in [1.807, 2.05) is 24.3 Å². The third-order valence-electron chi connectivity index (χ3n) is 12.3. The number of fused-ring (bicyclic) bond motifs is 13. The Kier molecular flexibility index (Phi) is 6.98. The van der Waals surface area contributed by atoms with E-state index < -0.39 is 0 Å². The molecule has 0 aliphatic carbocycles. The maximum atomic E-state index is 6.55. The van der Waals surface area contributed by atoms with Crippen molar-refractivity contribution in [1.29, 1.82) is 0 Å². The number of hydrogen-bond acceptors (Lipinski definition) is 4. The van der Waals surface area contributed by atoms with Gasteiger partial charge < -0.3 is 18.2 Å². The summed E-state index contributed by atoms with van der Waals surface area (Å²) >= 11 is 0. The van der Waals surface area contributed by atoms with Gasteiger partial charge in [0, 0.05) is 49.1 Å². The van der Waals surface area contributed by atoms with Crippen molar-refractivity contribution in [2.24, 2.45) is 0 Å². The molecule has 0 fully saturated rings.